The second-order valence-corrected chi connectivity index (χ2v) is 7.45. The Morgan fingerprint density at radius 2 is 1.91 bits per heavy atom. The van der Waals surface area contributed by atoms with Crippen LogP contribution in [-0.4, -0.2) is 68.0 Å². The van der Waals surface area contributed by atoms with Crippen LogP contribution in [0.1, 0.15) is 47.4 Å². The van der Waals surface area contributed by atoms with E-state index in [2.05, 4.69) is 43.0 Å². The van der Waals surface area contributed by atoms with Crippen molar-refractivity contribution in [2.45, 2.75) is 38.6 Å². The van der Waals surface area contributed by atoms with Crippen LogP contribution in [0.2, 0.25) is 0 Å². The maximum Gasteiger partial charge on any atom is 0.273 e. The first-order chi connectivity index (χ1) is 15.7. The average molecular weight is 443 g/mol. The zero-order chi connectivity index (χ0) is 22.8. The van der Waals surface area contributed by atoms with Gasteiger partial charge in [-0.1, -0.05) is 42.0 Å². The smallest absolute Gasteiger partial charge is 0.273 e. The molecular formula is C21H30N8O3. The normalized spacial score (nSPS) is 13.9. The van der Waals surface area contributed by atoms with Crippen molar-refractivity contribution >= 4 is 11.7 Å². The molecule has 0 spiro atoms. The molecule has 2 aromatic heterocycles. The topological polar surface area (TPSA) is 148 Å². The van der Waals surface area contributed by atoms with Crippen molar-refractivity contribution in [2.24, 2.45) is 0 Å². The van der Waals surface area contributed by atoms with E-state index in [4.69, 9.17) is 15.5 Å². The van der Waals surface area contributed by atoms with Gasteiger partial charge in [-0.25, -0.2) is 4.63 Å². The highest BCUT2D eigenvalue weighted by atomic mass is 16.6. The van der Waals surface area contributed by atoms with Gasteiger partial charge < -0.3 is 16.2 Å². The third kappa shape index (κ3) is 5.89. The second kappa shape index (κ2) is 11.9. The number of aliphatic hydroxyl groups is 1. The molecule has 0 bridgehead atoms. The number of nitrogens with two attached hydrogens (primary N) is 1. The third-order valence-corrected chi connectivity index (χ3v) is 5.27. The summed E-state index contributed by atoms with van der Waals surface area (Å²) in [4.78, 5) is 15.1. The monoisotopic (exact) mass is 442 g/mol. The van der Waals surface area contributed by atoms with Crippen LogP contribution < -0.4 is 11.1 Å². The standard InChI is InChI=1S/C20H26N8O2.CH4O/c21-18-19(25-30-24-18)28-16(14-27-12-5-2-6-13-27)17(23-26-28)20(29)22-11-7-10-15-8-3-1-4-9-15;1-2/h1,3-4,8-9H,2,5-7,10-14H2,(H2,21,24)(H,22,29);2H,1H3. The molecule has 1 aliphatic heterocycles. The van der Waals surface area contributed by atoms with Gasteiger partial charge in [0, 0.05) is 20.2 Å². The van der Waals surface area contributed by atoms with Gasteiger partial charge in [0.05, 0.1) is 5.69 Å². The van der Waals surface area contributed by atoms with Gasteiger partial charge in [0.2, 0.25) is 11.6 Å². The summed E-state index contributed by atoms with van der Waals surface area (Å²) in [5.41, 5.74) is 8.01. The number of aromatic nitrogens is 5. The Bertz CT molecular complexity index is 967. The van der Waals surface area contributed by atoms with E-state index in [0.717, 1.165) is 45.9 Å². The summed E-state index contributed by atoms with van der Waals surface area (Å²) < 4.78 is 6.17. The van der Waals surface area contributed by atoms with E-state index in [0.29, 0.717) is 18.8 Å². The summed E-state index contributed by atoms with van der Waals surface area (Å²) in [5, 5.41) is 25.6. The Labute approximate surface area is 186 Å². The summed E-state index contributed by atoms with van der Waals surface area (Å²) in [6.07, 6.45) is 5.23. The number of likely N-dealkylation sites (tertiary alicyclic amines) is 1. The molecule has 1 aromatic carbocycles. The van der Waals surface area contributed by atoms with E-state index < -0.39 is 0 Å². The van der Waals surface area contributed by atoms with Gasteiger partial charge in [-0.2, -0.15) is 4.68 Å². The molecule has 1 amide bonds. The van der Waals surface area contributed by atoms with E-state index in [-0.39, 0.29) is 23.2 Å². The number of aryl methyl sites for hydroxylation is 1. The molecular weight excluding hydrogens is 412 g/mol. The maximum atomic E-state index is 12.9. The molecule has 4 N–H and O–H groups in total. The van der Waals surface area contributed by atoms with Gasteiger partial charge in [0.25, 0.3) is 5.91 Å². The number of piperidine rings is 1. The van der Waals surface area contributed by atoms with Gasteiger partial charge in [-0.05, 0) is 54.6 Å². The van der Waals surface area contributed by atoms with Crippen LogP contribution in [0.5, 0.6) is 0 Å². The highest BCUT2D eigenvalue weighted by Gasteiger charge is 2.25. The molecule has 3 heterocycles. The predicted octanol–water partition coefficient (Wildman–Crippen LogP) is 1.19. The molecule has 32 heavy (non-hydrogen) atoms. The quantitative estimate of drug-likeness (QED) is 0.437. The molecule has 172 valence electrons. The van der Waals surface area contributed by atoms with Crippen LogP contribution in [0.3, 0.4) is 0 Å². The van der Waals surface area contributed by atoms with Gasteiger partial charge in [-0.3, -0.25) is 9.69 Å². The number of amides is 1. The number of nitrogen functional groups attached to an aromatic ring is 1. The second-order valence-electron chi connectivity index (χ2n) is 7.45. The van der Waals surface area contributed by atoms with Crippen molar-refractivity contribution < 1.29 is 14.5 Å². The number of hydrogen-bond acceptors (Lipinski definition) is 9. The van der Waals surface area contributed by atoms with Crippen molar-refractivity contribution in [3.05, 3.63) is 47.3 Å². The highest BCUT2D eigenvalue weighted by molar-refractivity contribution is 5.93. The number of benzene rings is 1. The molecule has 1 fully saturated rings. The number of carbonyl (C=O) groups excluding carboxylic acids is 1. The van der Waals surface area contributed by atoms with Crippen molar-refractivity contribution in [3.8, 4) is 5.82 Å². The molecule has 0 atom stereocenters. The van der Waals surface area contributed by atoms with Crippen LogP contribution in [-0.2, 0) is 13.0 Å². The molecule has 11 heteroatoms. The number of aliphatic hydroxyl groups excluding tert-OH is 1. The molecule has 0 saturated carbocycles. The minimum atomic E-state index is -0.253. The fourth-order valence-corrected chi connectivity index (χ4v) is 3.68. The van der Waals surface area contributed by atoms with Crippen LogP contribution in [0, 0.1) is 0 Å². The lowest BCUT2D eigenvalue weighted by molar-refractivity contribution is 0.0945. The number of nitrogens with one attached hydrogen (secondary N) is 1. The summed E-state index contributed by atoms with van der Waals surface area (Å²) in [7, 11) is 1.00. The first kappa shape index (κ1) is 23.4. The fraction of sp³-hybridized carbons (Fsp3) is 0.476. The van der Waals surface area contributed by atoms with Crippen LogP contribution in [0.15, 0.2) is 35.0 Å². The van der Waals surface area contributed by atoms with Gasteiger partial charge in [-0.15, -0.1) is 5.10 Å². The molecule has 11 nitrogen and oxygen atoms in total. The lowest BCUT2D eigenvalue weighted by Crippen LogP contribution is -2.32. The number of nitrogens with zero attached hydrogens (tertiary/aromatic N) is 6. The molecule has 1 saturated heterocycles. The van der Waals surface area contributed by atoms with Gasteiger partial charge in [0.1, 0.15) is 0 Å². The number of rotatable bonds is 8. The van der Waals surface area contributed by atoms with E-state index in [9.17, 15) is 4.79 Å². The van der Waals surface area contributed by atoms with Crippen LogP contribution in [0.4, 0.5) is 5.82 Å². The van der Waals surface area contributed by atoms with Crippen molar-refractivity contribution in [2.75, 3.05) is 32.5 Å². The molecule has 0 aliphatic carbocycles. The average Bonchev–Trinajstić information content (AvgIpc) is 3.45. The lowest BCUT2D eigenvalue weighted by atomic mass is 10.1. The summed E-state index contributed by atoms with van der Waals surface area (Å²) in [6, 6.07) is 10.2. The number of carbonyl (C=O) groups is 1. The Hall–Kier alpha value is -3.31. The van der Waals surface area contributed by atoms with Crippen LogP contribution >= 0.6 is 0 Å². The SMILES string of the molecule is CO.Nc1nonc1-n1nnc(C(=O)NCCCc2ccccc2)c1CN1CCCCC1. The lowest BCUT2D eigenvalue weighted by Gasteiger charge is -2.26. The molecule has 0 radical (unpaired) electrons. The first-order valence-corrected chi connectivity index (χ1v) is 10.7. The van der Waals surface area contributed by atoms with E-state index in [1.807, 2.05) is 18.2 Å². The highest BCUT2D eigenvalue weighted by Crippen LogP contribution is 2.19. The molecule has 0 unspecified atom stereocenters. The van der Waals surface area contributed by atoms with Crippen molar-refractivity contribution in [3.63, 3.8) is 0 Å². The Morgan fingerprint density at radius 3 is 2.59 bits per heavy atom. The zero-order valence-electron chi connectivity index (χ0n) is 18.3. The summed E-state index contributed by atoms with van der Waals surface area (Å²) in [6.45, 7) is 3.02. The number of anilines is 1. The maximum absolute atomic E-state index is 12.9. The van der Waals surface area contributed by atoms with Crippen molar-refractivity contribution in [1.29, 1.82) is 0 Å². The van der Waals surface area contributed by atoms with E-state index in [1.165, 1.54) is 16.7 Å². The fourth-order valence-electron chi connectivity index (χ4n) is 3.68. The summed E-state index contributed by atoms with van der Waals surface area (Å²) in [5.74, 6) is 0.101. The molecule has 1 aliphatic rings. The minimum Gasteiger partial charge on any atom is -0.400 e. The van der Waals surface area contributed by atoms with Crippen molar-refractivity contribution in [1.82, 2.24) is 35.5 Å². The van der Waals surface area contributed by atoms with Crippen LogP contribution in [0.25, 0.3) is 5.82 Å². The largest absolute Gasteiger partial charge is 0.400 e. The Balaban J connectivity index is 0.00000141. The third-order valence-electron chi connectivity index (χ3n) is 5.27. The number of hydrogen-bond donors (Lipinski definition) is 3. The Morgan fingerprint density at radius 1 is 1.16 bits per heavy atom. The van der Waals surface area contributed by atoms with Gasteiger partial charge in [0.15, 0.2) is 5.69 Å². The minimum absolute atomic E-state index is 0.106. The van der Waals surface area contributed by atoms with E-state index >= 15 is 0 Å². The predicted molar refractivity (Wildman–Crippen MR) is 118 cm³/mol. The zero-order valence-corrected chi connectivity index (χ0v) is 18.3. The van der Waals surface area contributed by atoms with Gasteiger partial charge >= 0.3 is 0 Å². The molecule has 4 rings (SSSR count). The first-order valence-electron chi connectivity index (χ1n) is 10.7. The molecule has 3 aromatic rings. The Kier molecular flexibility index (Phi) is 8.70. The summed E-state index contributed by atoms with van der Waals surface area (Å²) >= 11 is 0. The van der Waals surface area contributed by atoms with E-state index in [1.54, 1.807) is 0 Å².